The Kier molecular flexibility index (Phi) is 4.06. The summed E-state index contributed by atoms with van der Waals surface area (Å²) in [6.07, 6.45) is 6.78. The molecule has 3 aromatic rings. The number of likely N-dealkylation sites (tertiary alicyclic amines) is 1. The summed E-state index contributed by atoms with van der Waals surface area (Å²) in [5.74, 6) is 1.03. The molecule has 5 nitrogen and oxygen atoms in total. The Bertz CT molecular complexity index is 935. The third-order valence-electron chi connectivity index (χ3n) is 5.79. The lowest BCUT2D eigenvalue weighted by molar-refractivity contribution is -0.0821. The van der Waals surface area contributed by atoms with Gasteiger partial charge in [0.25, 0.3) is 0 Å². The summed E-state index contributed by atoms with van der Waals surface area (Å²) in [4.78, 5) is 11.2. The third kappa shape index (κ3) is 3.17. The monoisotopic (exact) mass is 360 g/mol. The molecular formula is C22H24N4O. The van der Waals surface area contributed by atoms with Gasteiger partial charge in [-0.15, -0.1) is 0 Å². The van der Waals surface area contributed by atoms with Crippen LogP contribution in [0.2, 0.25) is 0 Å². The number of aromatic nitrogens is 3. The van der Waals surface area contributed by atoms with E-state index in [9.17, 15) is 0 Å². The van der Waals surface area contributed by atoms with Crippen LogP contribution in [0.1, 0.15) is 23.4 Å². The molecule has 5 rings (SSSR count). The zero-order chi connectivity index (χ0) is 18.3. The number of rotatable bonds is 3. The molecule has 4 heterocycles. The topological polar surface area (TPSA) is 43.2 Å². The van der Waals surface area contributed by atoms with Gasteiger partial charge < -0.3 is 9.30 Å². The first-order valence-corrected chi connectivity index (χ1v) is 9.57. The number of nitrogens with zero attached hydrogens (tertiary/aromatic N) is 4. The van der Waals surface area contributed by atoms with Gasteiger partial charge in [-0.05, 0) is 36.6 Å². The molecule has 0 unspecified atom stereocenters. The fourth-order valence-corrected chi connectivity index (χ4v) is 4.27. The molecule has 2 aromatic heterocycles. The van der Waals surface area contributed by atoms with Crippen molar-refractivity contribution in [3.63, 3.8) is 0 Å². The number of ether oxygens (including phenoxy) is 1. The average Bonchev–Trinajstić information content (AvgIpc) is 3.28. The summed E-state index contributed by atoms with van der Waals surface area (Å²) < 4.78 is 8.72. The molecule has 1 spiro atoms. The summed E-state index contributed by atoms with van der Waals surface area (Å²) >= 11 is 0. The largest absolute Gasteiger partial charge is 0.364 e. The van der Waals surface area contributed by atoms with Crippen LogP contribution in [-0.4, -0.2) is 38.1 Å². The van der Waals surface area contributed by atoms with Gasteiger partial charge in [0.15, 0.2) is 0 Å². The normalized spacial score (nSPS) is 22.3. The van der Waals surface area contributed by atoms with Crippen LogP contribution in [-0.2, 0) is 24.4 Å². The van der Waals surface area contributed by atoms with Crippen LogP contribution in [0.3, 0.4) is 0 Å². The van der Waals surface area contributed by atoms with Crippen molar-refractivity contribution in [2.45, 2.75) is 38.6 Å². The minimum Gasteiger partial charge on any atom is -0.364 e. The number of benzene rings is 1. The summed E-state index contributed by atoms with van der Waals surface area (Å²) in [5, 5.41) is 0. The van der Waals surface area contributed by atoms with Crippen molar-refractivity contribution in [2.24, 2.45) is 0 Å². The van der Waals surface area contributed by atoms with Gasteiger partial charge in [-0.3, -0.25) is 9.88 Å². The van der Waals surface area contributed by atoms with Crippen molar-refractivity contribution in [3.8, 4) is 11.3 Å². The molecule has 138 valence electrons. The Labute approximate surface area is 159 Å². The van der Waals surface area contributed by atoms with Crippen LogP contribution < -0.4 is 0 Å². The van der Waals surface area contributed by atoms with Gasteiger partial charge in [0, 0.05) is 32.0 Å². The predicted octanol–water partition coefficient (Wildman–Crippen LogP) is 3.43. The van der Waals surface area contributed by atoms with E-state index in [-0.39, 0.29) is 5.60 Å². The molecule has 0 radical (unpaired) electrons. The molecule has 1 fully saturated rings. The van der Waals surface area contributed by atoms with Crippen LogP contribution in [0.25, 0.3) is 11.3 Å². The molecule has 5 heteroatoms. The predicted molar refractivity (Wildman–Crippen MR) is 104 cm³/mol. The first-order chi connectivity index (χ1) is 13.2. The van der Waals surface area contributed by atoms with Crippen molar-refractivity contribution in [1.82, 2.24) is 19.4 Å². The van der Waals surface area contributed by atoms with E-state index in [0.717, 1.165) is 38.4 Å². The van der Waals surface area contributed by atoms with Gasteiger partial charge in [-0.25, -0.2) is 4.98 Å². The van der Waals surface area contributed by atoms with E-state index in [1.165, 1.54) is 22.4 Å². The highest BCUT2D eigenvalue weighted by atomic mass is 16.5. The molecule has 0 amide bonds. The second kappa shape index (κ2) is 6.59. The Morgan fingerprint density at radius 1 is 1.07 bits per heavy atom. The van der Waals surface area contributed by atoms with E-state index in [2.05, 4.69) is 62.8 Å². The Hall–Kier alpha value is -2.50. The van der Waals surface area contributed by atoms with Gasteiger partial charge in [-0.1, -0.05) is 29.8 Å². The second-order valence-electron chi connectivity index (χ2n) is 7.80. The van der Waals surface area contributed by atoms with Crippen LogP contribution in [0.15, 0.2) is 55.0 Å². The van der Waals surface area contributed by atoms with Gasteiger partial charge in [0.1, 0.15) is 18.0 Å². The molecular weight excluding hydrogens is 336 g/mol. The summed E-state index contributed by atoms with van der Waals surface area (Å²) in [6.45, 7) is 6.56. The SMILES string of the molecule is Cc1ccc(-c2cnc3n2C[C@@]2(CCN(Cc4ccncc4)C2)OC3)cc1. The van der Waals surface area contributed by atoms with E-state index in [1.54, 1.807) is 0 Å². The molecule has 2 aliphatic rings. The first kappa shape index (κ1) is 16.7. The van der Waals surface area contributed by atoms with Crippen molar-refractivity contribution < 1.29 is 4.74 Å². The molecule has 0 N–H and O–H groups in total. The van der Waals surface area contributed by atoms with Crippen molar-refractivity contribution >= 4 is 0 Å². The van der Waals surface area contributed by atoms with E-state index in [4.69, 9.17) is 4.74 Å². The van der Waals surface area contributed by atoms with Crippen LogP contribution >= 0.6 is 0 Å². The Morgan fingerprint density at radius 2 is 1.89 bits per heavy atom. The molecule has 1 atom stereocenters. The zero-order valence-electron chi connectivity index (χ0n) is 15.6. The van der Waals surface area contributed by atoms with Gasteiger partial charge in [0.2, 0.25) is 0 Å². The van der Waals surface area contributed by atoms with Gasteiger partial charge in [-0.2, -0.15) is 0 Å². The van der Waals surface area contributed by atoms with E-state index < -0.39 is 0 Å². The Morgan fingerprint density at radius 3 is 2.70 bits per heavy atom. The van der Waals surface area contributed by atoms with Crippen LogP contribution in [0.4, 0.5) is 0 Å². The molecule has 1 saturated heterocycles. The first-order valence-electron chi connectivity index (χ1n) is 9.57. The fourth-order valence-electron chi connectivity index (χ4n) is 4.27. The average molecular weight is 360 g/mol. The number of imidazole rings is 1. The standard InChI is InChI=1S/C22H24N4O/c1-17-2-4-19(5-3-17)20-12-24-21-14-27-22(16-26(20)21)8-11-25(15-22)13-18-6-9-23-10-7-18/h2-7,9-10,12H,8,11,13-16H2,1H3/t22-/m0/s1. The molecule has 1 aromatic carbocycles. The number of hydrogen-bond donors (Lipinski definition) is 0. The molecule has 0 aliphatic carbocycles. The van der Waals surface area contributed by atoms with E-state index >= 15 is 0 Å². The lowest BCUT2D eigenvalue weighted by atomic mass is 10.0. The zero-order valence-corrected chi connectivity index (χ0v) is 15.6. The van der Waals surface area contributed by atoms with Crippen molar-refractivity contribution in [2.75, 3.05) is 13.1 Å². The highest BCUT2D eigenvalue weighted by Crippen LogP contribution is 2.35. The maximum atomic E-state index is 6.35. The lowest BCUT2D eigenvalue weighted by Crippen LogP contribution is -2.44. The molecule has 0 saturated carbocycles. The smallest absolute Gasteiger partial charge is 0.135 e. The summed E-state index contributed by atoms with van der Waals surface area (Å²) in [7, 11) is 0. The molecule has 0 bridgehead atoms. The van der Waals surface area contributed by atoms with Gasteiger partial charge in [0.05, 0.1) is 18.4 Å². The van der Waals surface area contributed by atoms with E-state index in [1.807, 2.05) is 18.6 Å². The van der Waals surface area contributed by atoms with Crippen LogP contribution in [0.5, 0.6) is 0 Å². The molecule has 27 heavy (non-hydrogen) atoms. The number of aryl methyl sites for hydroxylation is 1. The quantitative estimate of drug-likeness (QED) is 0.718. The van der Waals surface area contributed by atoms with Crippen molar-refractivity contribution in [1.29, 1.82) is 0 Å². The lowest BCUT2D eigenvalue weighted by Gasteiger charge is -2.35. The maximum absolute atomic E-state index is 6.35. The second-order valence-corrected chi connectivity index (χ2v) is 7.80. The minimum atomic E-state index is -0.111. The van der Waals surface area contributed by atoms with Gasteiger partial charge >= 0.3 is 0 Å². The third-order valence-corrected chi connectivity index (χ3v) is 5.79. The number of hydrogen-bond acceptors (Lipinski definition) is 4. The summed E-state index contributed by atoms with van der Waals surface area (Å²) in [6, 6.07) is 12.9. The Balaban J connectivity index is 1.36. The highest BCUT2D eigenvalue weighted by molar-refractivity contribution is 5.60. The maximum Gasteiger partial charge on any atom is 0.135 e. The highest BCUT2D eigenvalue weighted by Gasteiger charge is 2.43. The number of pyridine rings is 1. The fraction of sp³-hybridized carbons (Fsp3) is 0.364. The van der Waals surface area contributed by atoms with Crippen molar-refractivity contribution in [3.05, 3.63) is 71.9 Å². The number of fused-ring (bicyclic) bond motifs is 1. The minimum absolute atomic E-state index is 0.111. The summed E-state index contributed by atoms with van der Waals surface area (Å²) in [5.41, 5.74) is 4.89. The van der Waals surface area contributed by atoms with E-state index in [0.29, 0.717) is 6.61 Å². The molecule has 2 aliphatic heterocycles. The van der Waals surface area contributed by atoms with Crippen LogP contribution in [0, 0.1) is 6.92 Å².